The van der Waals surface area contributed by atoms with Gasteiger partial charge in [-0.3, -0.25) is 14.3 Å². The fourth-order valence-corrected chi connectivity index (χ4v) is 3.79. The molecule has 0 saturated heterocycles. The summed E-state index contributed by atoms with van der Waals surface area (Å²) < 4.78 is 31.4. The number of hydrogen-bond donors (Lipinski definition) is 1. The van der Waals surface area contributed by atoms with E-state index < -0.39 is 17.5 Å². The van der Waals surface area contributed by atoms with Gasteiger partial charge in [0, 0.05) is 29.0 Å². The maximum absolute atomic E-state index is 13.9. The van der Waals surface area contributed by atoms with Gasteiger partial charge in [-0.25, -0.2) is 8.78 Å². The highest BCUT2D eigenvalue weighted by atomic mass is 127. The summed E-state index contributed by atoms with van der Waals surface area (Å²) in [4.78, 5) is 25.2. The van der Waals surface area contributed by atoms with Crippen molar-refractivity contribution in [2.45, 2.75) is 13.0 Å². The van der Waals surface area contributed by atoms with E-state index in [2.05, 4.69) is 10.4 Å². The van der Waals surface area contributed by atoms with Crippen LogP contribution >= 0.6 is 22.6 Å². The quantitative estimate of drug-likeness (QED) is 0.427. The number of rotatable bonds is 4. The van der Waals surface area contributed by atoms with Crippen molar-refractivity contribution < 1.29 is 13.6 Å². The zero-order chi connectivity index (χ0) is 20.7. The van der Waals surface area contributed by atoms with Crippen molar-refractivity contribution in [3.63, 3.8) is 0 Å². The molecule has 0 bridgehead atoms. The van der Waals surface area contributed by atoms with Crippen LogP contribution in [0.1, 0.15) is 6.42 Å². The van der Waals surface area contributed by atoms with Crippen LogP contribution in [0.5, 0.6) is 0 Å². The molecule has 4 rings (SSSR count). The molecule has 9 heteroatoms. The SMILES string of the molecule is Cn1ncc2c(=O)n(CCC(=O)Nc3ccc(I)cc3F)c3cc(F)ccc3c21. The Morgan fingerprint density at radius 3 is 2.72 bits per heavy atom. The molecule has 0 aliphatic carbocycles. The molecule has 0 atom stereocenters. The molecule has 29 heavy (non-hydrogen) atoms. The first-order valence-electron chi connectivity index (χ1n) is 8.74. The number of anilines is 1. The molecule has 0 fully saturated rings. The van der Waals surface area contributed by atoms with Crippen LogP contribution in [0.2, 0.25) is 0 Å². The highest BCUT2D eigenvalue weighted by Crippen LogP contribution is 2.23. The van der Waals surface area contributed by atoms with Gasteiger partial charge in [0.1, 0.15) is 11.6 Å². The largest absolute Gasteiger partial charge is 0.324 e. The van der Waals surface area contributed by atoms with Crippen molar-refractivity contribution >= 4 is 56.0 Å². The average molecular weight is 508 g/mol. The number of benzene rings is 2. The average Bonchev–Trinajstić information content (AvgIpc) is 3.06. The Morgan fingerprint density at radius 1 is 1.17 bits per heavy atom. The topological polar surface area (TPSA) is 68.9 Å². The van der Waals surface area contributed by atoms with Gasteiger partial charge >= 0.3 is 0 Å². The molecule has 2 aromatic carbocycles. The van der Waals surface area contributed by atoms with Crippen LogP contribution < -0.4 is 10.9 Å². The molecule has 0 spiro atoms. The molecular weight excluding hydrogens is 493 g/mol. The van der Waals surface area contributed by atoms with Gasteiger partial charge in [0.2, 0.25) is 5.91 Å². The molecule has 0 unspecified atom stereocenters. The zero-order valence-electron chi connectivity index (χ0n) is 15.2. The highest BCUT2D eigenvalue weighted by molar-refractivity contribution is 14.1. The number of carbonyl (C=O) groups is 1. The van der Waals surface area contributed by atoms with Crippen molar-refractivity contribution in [3.8, 4) is 0 Å². The lowest BCUT2D eigenvalue weighted by molar-refractivity contribution is -0.116. The normalized spacial score (nSPS) is 11.3. The summed E-state index contributed by atoms with van der Waals surface area (Å²) in [5.41, 5.74) is 0.687. The van der Waals surface area contributed by atoms with Gasteiger partial charge < -0.3 is 9.88 Å². The summed E-state index contributed by atoms with van der Waals surface area (Å²) in [6, 6.07) is 8.64. The van der Waals surface area contributed by atoms with Crippen LogP contribution in [0.25, 0.3) is 21.8 Å². The molecule has 148 valence electrons. The first-order valence-corrected chi connectivity index (χ1v) is 9.81. The molecular formula is C20H15F2IN4O2. The first kappa shape index (κ1) is 19.5. The number of aromatic nitrogens is 3. The van der Waals surface area contributed by atoms with Crippen LogP contribution in [0, 0.1) is 15.2 Å². The molecule has 2 heterocycles. The number of carbonyl (C=O) groups excluding carboxylic acids is 1. The van der Waals surface area contributed by atoms with Gasteiger partial charge in [0.15, 0.2) is 0 Å². The summed E-state index contributed by atoms with van der Waals surface area (Å²) in [5, 5.41) is 7.67. The monoisotopic (exact) mass is 508 g/mol. The highest BCUT2D eigenvalue weighted by Gasteiger charge is 2.16. The molecule has 0 aliphatic heterocycles. The number of fused-ring (bicyclic) bond motifs is 3. The van der Waals surface area contributed by atoms with Crippen LogP contribution in [0.15, 0.2) is 47.4 Å². The lowest BCUT2D eigenvalue weighted by Crippen LogP contribution is -2.24. The van der Waals surface area contributed by atoms with Gasteiger partial charge in [-0.2, -0.15) is 5.10 Å². The van der Waals surface area contributed by atoms with E-state index in [1.807, 2.05) is 22.6 Å². The maximum atomic E-state index is 13.9. The summed E-state index contributed by atoms with van der Waals surface area (Å²) in [6.07, 6.45) is 1.38. The predicted molar refractivity (Wildman–Crippen MR) is 115 cm³/mol. The van der Waals surface area contributed by atoms with Crippen molar-refractivity contribution in [1.29, 1.82) is 0 Å². The van der Waals surface area contributed by atoms with Gasteiger partial charge in [-0.15, -0.1) is 0 Å². The summed E-state index contributed by atoms with van der Waals surface area (Å²) in [7, 11) is 1.71. The number of hydrogen-bond acceptors (Lipinski definition) is 3. The zero-order valence-corrected chi connectivity index (χ0v) is 17.4. The van der Waals surface area contributed by atoms with E-state index in [-0.39, 0.29) is 24.2 Å². The second kappa shape index (κ2) is 7.54. The predicted octanol–water partition coefficient (Wildman–Crippen LogP) is 3.80. The Balaban J connectivity index is 1.68. The molecule has 1 N–H and O–H groups in total. The van der Waals surface area contributed by atoms with E-state index in [9.17, 15) is 18.4 Å². The Hall–Kier alpha value is -2.82. The summed E-state index contributed by atoms with van der Waals surface area (Å²) in [6.45, 7) is 0.0153. The lowest BCUT2D eigenvalue weighted by Gasteiger charge is -2.12. The van der Waals surface area contributed by atoms with E-state index in [4.69, 9.17) is 0 Å². The second-order valence-corrected chi connectivity index (χ2v) is 7.82. The van der Waals surface area contributed by atoms with E-state index in [0.717, 1.165) is 0 Å². The molecule has 4 aromatic rings. The minimum absolute atomic E-state index is 0.0153. The smallest absolute Gasteiger partial charge is 0.262 e. The maximum Gasteiger partial charge on any atom is 0.262 e. The van der Waals surface area contributed by atoms with Crippen molar-refractivity contribution in [2.24, 2.45) is 7.05 Å². The third kappa shape index (κ3) is 3.61. The third-order valence-electron chi connectivity index (χ3n) is 4.69. The second-order valence-electron chi connectivity index (χ2n) is 6.57. The van der Waals surface area contributed by atoms with E-state index in [1.54, 1.807) is 23.9 Å². The van der Waals surface area contributed by atoms with Gasteiger partial charge in [0.05, 0.1) is 28.3 Å². The molecule has 0 radical (unpaired) electrons. The fraction of sp³-hybridized carbons (Fsp3) is 0.150. The molecule has 6 nitrogen and oxygen atoms in total. The Kier molecular flexibility index (Phi) is 5.07. The standard InChI is InChI=1S/C20H15F2IN4O2/c1-26-19-13-4-2-11(21)8-17(13)27(20(29)14(19)10-24-26)7-6-18(28)25-16-5-3-12(23)9-15(16)22/h2-5,8-10H,6-7H2,1H3,(H,25,28). The van der Waals surface area contributed by atoms with E-state index >= 15 is 0 Å². The molecule has 1 amide bonds. The van der Waals surface area contributed by atoms with E-state index in [1.165, 1.54) is 35.0 Å². The Labute approximate surface area is 177 Å². The van der Waals surface area contributed by atoms with Crippen LogP contribution in [0.4, 0.5) is 14.5 Å². The Morgan fingerprint density at radius 2 is 1.97 bits per heavy atom. The van der Waals surface area contributed by atoms with E-state index in [0.29, 0.717) is 25.4 Å². The molecule has 2 aromatic heterocycles. The van der Waals surface area contributed by atoms with Crippen LogP contribution in [0.3, 0.4) is 0 Å². The number of pyridine rings is 1. The molecule has 0 aliphatic rings. The van der Waals surface area contributed by atoms with Gasteiger partial charge in [-0.05, 0) is 59.0 Å². The van der Waals surface area contributed by atoms with Crippen molar-refractivity contribution in [2.75, 3.05) is 5.32 Å². The number of halogens is 3. The number of nitrogens with zero attached hydrogens (tertiary/aromatic N) is 3. The summed E-state index contributed by atoms with van der Waals surface area (Å²) >= 11 is 1.97. The van der Waals surface area contributed by atoms with Gasteiger partial charge in [0.25, 0.3) is 5.56 Å². The number of nitrogens with one attached hydrogen (secondary N) is 1. The minimum atomic E-state index is -0.535. The number of amides is 1. The third-order valence-corrected chi connectivity index (χ3v) is 5.36. The van der Waals surface area contributed by atoms with Crippen molar-refractivity contribution in [1.82, 2.24) is 14.3 Å². The minimum Gasteiger partial charge on any atom is -0.324 e. The molecule has 0 saturated carbocycles. The summed E-state index contributed by atoms with van der Waals surface area (Å²) in [5.74, 6) is -1.47. The van der Waals surface area contributed by atoms with Crippen molar-refractivity contribution in [3.05, 3.63) is 68.2 Å². The van der Waals surface area contributed by atoms with Crippen LogP contribution in [-0.4, -0.2) is 20.3 Å². The first-order chi connectivity index (χ1) is 13.8. The van der Waals surface area contributed by atoms with Gasteiger partial charge in [-0.1, -0.05) is 0 Å². The number of aryl methyl sites for hydroxylation is 2. The Bertz CT molecular complexity index is 1330. The fourth-order valence-electron chi connectivity index (χ4n) is 3.34. The van der Waals surface area contributed by atoms with Crippen LogP contribution in [-0.2, 0) is 18.4 Å². The lowest BCUT2D eigenvalue weighted by atomic mass is 10.1.